The Morgan fingerprint density at radius 3 is 2.18 bits per heavy atom. The van der Waals surface area contributed by atoms with Crippen molar-refractivity contribution in [2.45, 2.75) is 89.8 Å². The van der Waals surface area contributed by atoms with Gasteiger partial charge in [0.15, 0.2) is 6.10 Å². The Morgan fingerprint density at radius 2 is 1.52 bits per heavy atom. The van der Waals surface area contributed by atoms with Gasteiger partial charge < -0.3 is 35.0 Å². The number of phenolic OH excluding ortho intramolecular Hbond substituents is 1. The number of amides is 4. The first-order valence-electron chi connectivity index (χ1n) is 18.2. The average Bonchev–Trinajstić information content (AvgIpc) is 3.28. The maximum absolute atomic E-state index is 14.1. The summed E-state index contributed by atoms with van der Waals surface area (Å²) in [5, 5.41) is 22.5. The molecule has 3 fully saturated rings. The Labute approximate surface area is 294 Å². The van der Waals surface area contributed by atoms with Crippen molar-refractivity contribution in [2.75, 3.05) is 51.1 Å². The summed E-state index contributed by atoms with van der Waals surface area (Å²) >= 11 is 0. The molecule has 2 saturated heterocycles. The van der Waals surface area contributed by atoms with E-state index in [4.69, 9.17) is 9.84 Å². The van der Waals surface area contributed by atoms with Gasteiger partial charge in [0.2, 0.25) is 0 Å². The molecule has 3 aliphatic heterocycles. The van der Waals surface area contributed by atoms with Gasteiger partial charge in [-0.1, -0.05) is 30.3 Å². The standard InChI is InChI=1S/C38H51N5O7/c1-25-21-28(22-26(2)35(25)46)23-33(36(47)41-19-17-40(18-20-41)30-9-7-27(8-10-30)24-34(44)45)50-38(49)42-14-12-31(13-15-42)43-16-11-29-5-3-4-6-32(29)39-37(43)48/h3-6,21-22,27,30-31,33,46H,7-20,23-24H2,1-2H3,(H,39,48)(H,44,45)/t27-,30-,33-/m1/s1. The highest BCUT2D eigenvalue weighted by molar-refractivity contribution is 5.91. The van der Waals surface area contributed by atoms with Gasteiger partial charge in [0.05, 0.1) is 0 Å². The highest BCUT2D eigenvalue weighted by atomic mass is 16.6. The van der Waals surface area contributed by atoms with E-state index in [1.165, 1.54) is 0 Å². The molecule has 270 valence electrons. The summed E-state index contributed by atoms with van der Waals surface area (Å²) < 4.78 is 6.05. The monoisotopic (exact) mass is 689 g/mol. The van der Waals surface area contributed by atoms with Crippen LogP contribution in [-0.4, -0.2) is 118 Å². The summed E-state index contributed by atoms with van der Waals surface area (Å²) in [6.45, 7) is 7.59. The number of fused-ring (bicyclic) bond motifs is 1. The molecule has 0 radical (unpaired) electrons. The van der Waals surface area contributed by atoms with Crippen LogP contribution in [0.1, 0.15) is 67.2 Å². The molecule has 12 heteroatoms. The van der Waals surface area contributed by atoms with Crippen LogP contribution >= 0.6 is 0 Å². The van der Waals surface area contributed by atoms with Crippen LogP contribution in [0.2, 0.25) is 0 Å². The molecule has 3 heterocycles. The summed E-state index contributed by atoms with van der Waals surface area (Å²) in [6.07, 6.45) is 4.66. The van der Waals surface area contributed by atoms with Gasteiger partial charge >= 0.3 is 18.1 Å². The molecule has 50 heavy (non-hydrogen) atoms. The number of para-hydroxylation sites is 1. The lowest BCUT2D eigenvalue weighted by Gasteiger charge is -2.42. The lowest BCUT2D eigenvalue weighted by atomic mass is 9.83. The quantitative estimate of drug-likeness (QED) is 0.359. The predicted molar refractivity (Wildman–Crippen MR) is 188 cm³/mol. The molecule has 12 nitrogen and oxygen atoms in total. The molecule has 0 unspecified atom stereocenters. The number of anilines is 1. The Bertz CT molecular complexity index is 1540. The number of hydrogen-bond donors (Lipinski definition) is 3. The SMILES string of the molecule is Cc1cc(C[C@@H](OC(=O)N2CCC(N3CCc4ccccc4NC3=O)CC2)C(=O)N2CCN([C@H]3CC[C@H](CC(=O)O)CC3)CC2)cc(C)c1O. The third-order valence-electron chi connectivity index (χ3n) is 11.2. The van der Waals surface area contributed by atoms with E-state index >= 15 is 0 Å². The second-order valence-corrected chi connectivity index (χ2v) is 14.5. The molecule has 1 saturated carbocycles. The van der Waals surface area contributed by atoms with Crippen LogP contribution in [0.5, 0.6) is 5.75 Å². The second-order valence-electron chi connectivity index (χ2n) is 14.5. The molecule has 4 aliphatic rings. The smallest absolute Gasteiger partial charge is 0.410 e. The van der Waals surface area contributed by atoms with Crippen molar-refractivity contribution < 1.29 is 34.1 Å². The number of carbonyl (C=O) groups is 4. The highest BCUT2D eigenvalue weighted by Gasteiger charge is 2.36. The molecule has 0 spiro atoms. The van der Waals surface area contributed by atoms with E-state index < -0.39 is 18.2 Å². The van der Waals surface area contributed by atoms with Crippen molar-refractivity contribution >= 4 is 29.7 Å². The first kappa shape index (κ1) is 35.5. The molecular weight excluding hydrogens is 638 g/mol. The summed E-state index contributed by atoms with van der Waals surface area (Å²) in [7, 11) is 0. The van der Waals surface area contributed by atoms with Gasteiger partial charge in [0.25, 0.3) is 5.91 Å². The number of aliphatic carboxylic acids is 1. The number of aryl methyl sites for hydroxylation is 2. The number of nitrogens with one attached hydrogen (secondary N) is 1. The zero-order valence-electron chi connectivity index (χ0n) is 29.3. The van der Waals surface area contributed by atoms with Gasteiger partial charge in [0.1, 0.15) is 5.75 Å². The van der Waals surface area contributed by atoms with Crippen molar-refractivity contribution in [3.8, 4) is 5.75 Å². The number of aromatic hydroxyl groups is 1. The molecule has 2 aromatic rings. The Balaban J connectivity index is 1.06. The van der Waals surface area contributed by atoms with E-state index in [9.17, 15) is 24.3 Å². The Morgan fingerprint density at radius 1 is 0.860 bits per heavy atom. The molecule has 0 aromatic heterocycles. The molecule has 0 bridgehead atoms. The zero-order valence-corrected chi connectivity index (χ0v) is 29.3. The largest absolute Gasteiger partial charge is 0.507 e. The minimum atomic E-state index is -1.02. The van der Waals surface area contributed by atoms with Crippen molar-refractivity contribution in [1.82, 2.24) is 19.6 Å². The first-order valence-corrected chi connectivity index (χ1v) is 18.2. The highest BCUT2D eigenvalue weighted by Crippen LogP contribution is 2.31. The molecule has 1 atom stereocenters. The number of piperazine rings is 1. The molecule has 1 aliphatic carbocycles. The fourth-order valence-electron chi connectivity index (χ4n) is 8.32. The fourth-order valence-corrected chi connectivity index (χ4v) is 8.32. The number of benzene rings is 2. The number of urea groups is 1. The number of carbonyl (C=O) groups excluding carboxylic acids is 3. The van der Waals surface area contributed by atoms with E-state index in [2.05, 4.69) is 10.2 Å². The number of likely N-dealkylation sites (tertiary alicyclic amines) is 1. The summed E-state index contributed by atoms with van der Waals surface area (Å²) in [5.41, 5.74) is 4.17. The van der Waals surface area contributed by atoms with Gasteiger partial charge in [-0.2, -0.15) is 0 Å². The van der Waals surface area contributed by atoms with E-state index in [0.29, 0.717) is 62.7 Å². The van der Waals surface area contributed by atoms with E-state index in [0.717, 1.165) is 62.0 Å². The van der Waals surface area contributed by atoms with Crippen molar-refractivity contribution in [2.24, 2.45) is 5.92 Å². The topological polar surface area (TPSA) is 143 Å². The van der Waals surface area contributed by atoms with Crippen LogP contribution < -0.4 is 5.32 Å². The Hall–Kier alpha value is -4.32. The number of carboxylic acid groups (broad SMARTS) is 1. The van der Waals surface area contributed by atoms with Crippen LogP contribution in [0.25, 0.3) is 0 Å². The molecule has 2 aromatic carbocycles. The van der Waals surface area contributed by atoms with E-state index in [1.807, 2.05) is 55.1 Å². The van der Waals surface area contributed by atoms with Crippen molar-refractivity contribution in [1.29, 1.82) is 0 Å². The number of piperidine rings is 1. The molecule has 6 rings (SSSR count). The maximum atomic E-state index is 14.1. The second kappa shape index (κ2) is 15.7. The van der Waals surface area contributed by atoms with Gasteiger partial charge in [-0.25, -0.2) is 9.59 Å². The first-order chi connectivity index (χ1) is 24.0. The summed E-state index contributed by atoms with van der Waals surface area (Å²) in [6, 6.07) is 11.8. The fraction of sp³-hybridized carbons (Fsp3) is 0.579. The maximum Gasteiger partial charge on any atom is 0.410 e. The minimum absolute atomic E-state index is 0.00254. The number of ether oxygens (including phenoxy) is 1. The predicted octanol–water partition coefficient (Wildman–Crippen LogP) is 4.79. The number of carboxylic acids is 1. The minimum Gasteiger partial charge on any atom is -0.507 e. The zero-order chi connectivity index (χ0) is 35.4. The molecular formula is C38H51N5O7. The van der Waals surface area contributed by atoms with E-state index in [-0.39, 0.29) is 42.5 Å². The van der Waals surface area contributed by atoms with Gasteiger partial charge in [-0.3, -0.25) is 14.5 Å². The van der Waals surface area contributed by atoms with Gasteiger partial charge in [-0.05, 0) is 93.0 Å². The van der Waals surface area contributed by atoms with Crippen molar-refractivity contribution in [3.05, 3.63) is 58.7 Å². The summed E-state index contributed by atoms with van der Waals surface area (Å²) in [4.78, 5) is 59.7. The van der Waals surface area contributed by atoms with Gasteiger partial charge in [0, 0.05) is 76.4 Å². The number of rotatable bonds is 8. The van der Waals surface area contributed by atoms with Crippen LogP contribution in [0.3, 0.4) is 0 Å². The molecule has 3 N–H and O–H groups in total. The Kier molecular flexibility index (Phi) is 11.2. The normalized spacial score (nSPS) is 22.7. The van der Waals surface area contributed by atoms with Crippen LogP contribution in [0.15, 0.2) is 36.4 Å². The third kappa shape index (κ3) is 8.34. The molecule has 4 amide bonds. The number of phenols is 1. The van der Waals surface area contributed by atoms with Crippen LogP contribution in [-0.2, 0) is 27.2 Å². The lowest BCUT2D eigenvalue weighted by Crippen LogP contribution is -2.55. The van der Waals surface area contributed by atoms with Gasteiger partial charge in [-0.15, -0.1) is 0 Å². The lowest BCUT2D eigenvalue weighted by molar-refractivity contribution is -0.143. The third-order valence-corrected chi connectivity index (χ3v) is 11.2. The number of nitrogens with zero attached hydrogens (tertiary/aromatic N) is 4. The van der Waals surface area contributed by atoms with E-state index in [1.54, 1.807) is 9.80 Å². The van der Waals surface area contributed by atoms with Crippen LogP contribution in [0, 0.1) is 19.8 Å². The number of hydrogen-bond acceptors (Lipinski definition) is 7. The average molecular weight is 690 g/mol. The van der Waals surface area contributed by atoms with Crippen molar-refractivity contribution in [3.63, 3.8) is 0 Å². The van der Waals surface area contributed by atoms with Crippen LogP contribution in [0.4, 0.5) is 15.3 Å². The summed E-state index contributed by atoms with van der Waals surface area (Å²) in [5.74, 6) is -0.494.